The van der Waals surface area contributed by atoms with Crippen molar-refractivity contribution in [3.8, 4) is 0 Å². The lowest BCUT2D eigenvalue weighted by Gasteiger charge is -2.22. The number of aryl methyl sites for hydroxylation is 2. The molecule has 0 bridgehead atoms. The molecule has 0 aliphatic rings. The molecule has 0 radical (unpaired) electrons. The highest BCUT2D eigenvalue weighted by atomic mass is 16.1. The van der Waals surface area contributed by atoms with Crippen molar-refractivity contribution in [2.45, 2.75) is 33.1 Å². The van der Waals surface area contributed by atoms with E-state index in [0.29, 0.717) is 5.56 Å². The van der Waals surface area contributed by atoms with Crippen LogP contribution in [-0.4, -0.2) is 15.7 Å². The van der Waals surface area contributed by atoms with Gasteiger partial charge in [-0.25, -0.2) is 0 Å². The lowest BCUT2D eigenvalue weighted by Crippen LogP contribution is -2.18. The zero-order valence-electron chi connectivity index (χ0n) is 12.7. The van der Waals surface area contributed by atoms with Crippen LogP contribution in [0.3, 0.4) is 0 Å². The van der Waals surface area contributed by atoms with Crippen LogP contribution in [0, 0.1) is 6.92 Å². The number of carbonyl (C=O) groups is 1. The summed E-state index contributed by atoms with van der Waals surface area (Å²) in [5, 5.41) is 7.20. The zero-order chi connectivity index (χ0) is 14.9. The monoisotopic (exact) mass is 271 g/mol. The van der Waals surface area contributed by atoms with Crippen LogP contribution in [0.25, 0.3) is 0 Å². The van der Waals surface area contributed by atoms with Crippen LogP contribution in [0.15, 0.2) is 30.5 Å². The molecule has 2 rings (SSSR count). The Kier molecular flexibility index (Phi) is 3.66. The van der Waals surface area contributed by atoms with Crippen LogP contribution >= 0.6 is 0 Å². The summed E-state index contributed by atoms with van der Waals surface area (Å²) >= 11 is 0. The Hall–Kier alpha value is -2.10. The fourth-order valence-electron chi connectivity index (χ4n) is 2.26. The first kappa shape index (κ1) is 14.3. The molecule has 0 atom stereocenters. The predicted molar refractivity (Wildman–Crippen MR) is 81.0 cm³/mol. The van der Waals surface area contributed by atoms with E-state index in [2.05, 4.69) is 31.2 Å². The maximum absolute atomic E-state index is 12.4. The summed E-state index contributed by atoms with van der Waals surface area (Å²) < 4.78 is 1.65. The van der Waals surface area contributed by atoms with Gasteiger partial charge in [-0.05, 0) is 24.0 Å². The number of nitrogens with one attached hydrogen (secondary N) is 1. The molecule has 0 unspecified atom stereocenters. The van der Waals surface area contributed by atoms with Crippen molar-refractivity contribution in [2.24, 2.45) is 7.05 Å². The summed E-state index contributed by atoms with van der Waals surface area (Å²) in [6, 6.07) is 7.91. The number of para-hydroxylation sites is 1. The standard InChI is InChI=1S/C16H21N3O/c1-11-12(10-19(5)18-11)15(20)17-14-9-7-6-8-13(14)16(2,3)4/h6-10H,1-5H3,(H,17,20). The van der Waals surface area contributed by atoms with Crippen molar-refractivity contribution in [2.75, 3.05) is 5.32 Å². The van der Waals surface area contributed by atoms with E-state index < -0.39 is 0 Å². The quantitative estimate of drug-likeness (QED) is 0.911. The Labute approximate surface area is 119 Å². The second-order valence-electron chi connectivity index (χ2n) is 6.05. The van der Waals surface area contributed by atoms with Crippen LogP contribution in [0.4, 0.5) is 5.69 Å². The Bertz CT molecular complexity index is 635. The number of amides is 1. The molecule has 1 aromatic heterocycles. The summed E-state index contributed by atoms with van der Waals surface area (Å²) in [5.74, 6) is -0.118. The molecular formula is C16H21N3O. The van der Waals surface area contributed by atoms with Gasteiger partial charge in [-0.2, -0.15) is 5.10 Å². The minimum atomic E-state index is -0.118. The molecule has 0 spiro atoms. The summed E-state index contributed by atoms with van der Waals surface area (Å²) in [4.78, 5) is 12.4. The maximum atomic E-state index is 12.4. The highest BCUT2D eigenvalue weighted by Gasteiger charge is 2.20. The average Bonchev–Trinajstić information content (AvgIpc) is 2.68. The topological polar surface area (TPSA) is 46.9 Å². The van der Waals surface area contributed by atoms with Gasteiger partial charge >= 0.3 is 0 Å². The number of rotatable bonds is 2. The number of hydrogen-bond acceptors (Lipinski definition) is 2. The number of hydrogen-bond donors (Lipinski definition) is 1. The summed E-state index contributed by atoms with van der Waals surface area (Å²) in [5.41, 5.74) is 3.30. The van der Waals surface area contributed by atoms with E-state index in [-0.39, 0.29) is 11.3 Å². The van der Waals surface area contributed by atoms with Crippen molar-refractivity contribution in [3.63, 3.8) is 0 Å². The van der Waals surface area contributed by atoms with Gasteiger partial charge < -0.3 is 5.32 Å². The third-order valence-electron chi connectivity index (χ3n) is 3.24. The molecule has 0 aliphatic carbocycles. The molecule has 1 amide bonds. The minimum Gasteiger partial charge on any atom is -0.322 e. The number of aromatic nitrogens is 2. The van der Waals surface area contributed by atoms with Crippen LogP contribution in [0.5, 0.6) is 0 Å². The molecule has 4 nitrogen and oxygen atoms in total. The molecule has 1 N–H and O–H groups in total. The van der Waals surface area contributed by atoms with Crippen molar-refractivity contribution in [1.29, 1.82) is 0 Å². The normalized spacial score (nSPS) is 11.4. The molecule has 20 heavy (non-hydrogen) atoms. The van der Waals surface area contributed by atoms with Crippen LogP contribution in [0.2, 0.25) is 0 Å². The number of nitrogens with zero attached hydrogens (tertiary/aromatic N) is 2. The molecule has 106 valence electrons. The Morgan fingerprint density at radius 2 is 1.90 bits per heavy atom. The molecule has 0 saturated heterocycles. The second-order valence-corrected chi connectivity index (χ2v) is 6.05. The molecule has 4 heteroatoms. The molecular weight excluding hydrogens is 250 g/mol. The largest absolute Gasteiger partial charge is 0.322 e. The lowest BCUT2D eigenvalue weighted by molar-refractivity contribution is 0.102. The smallest absolute Gasteiger partial charge is 0.259 e. The van der Waals surface area contributed by atoms with E-state index in [1.54, 1.807) is 10.9 Å². The number of carbonyl (C=O) groups excluding carboxylic acids is 1. The Balaban J connectivity index is 2.31. The van der Waals surface area contributed by atoms with Gasteiger partial charge in [-0.1, -0.05) is 39.0 Å². The van der Waals surface area contributed by atoms with E-state index in [1.165, 1.54) is 0 Å². The van der Waals surface area contributed by atoms with E-state index in [4.69, 9.17) is 0 Å². The average molecular weight is 271 g/mol. The first-order valence-corrected chi connectivity index (χ1v) is 6.70. The molecule has 1 heterocycles. The molecule has 0 saturated carbocycles. The van der Waals surface area contributed by atoms with E-state index in [0.717, 1.165) is 16.9 Å². The summed E-state index contributed by atoms with van der Waals surface area (Å²) in [6.45, 7) is 8.23. The van der Waals surface area contributed by atoms with Gasteiger partial charge in [0, 0.05) is 18.9 Å². The van der Waals surface area contributed by atoms with Crippen molar-refractivity contribution < 1.29 is 4.79 Å². The van der Waals surface area contributed by atoms with E-state index in [9.17, 15) is 4.79 Å². The van der Waals surface area contributed by atoms with Crippen molar-refractivity contribution in [1.82, 2.24) is 9.78 Å². The van der Waals surface area contributed by atoms with Gasteiger partial charge in [-0.3, -0.25) is 9.48 Å². The Morgan fingerprint density at radius 1 is 1.25 bits per heavy atom. The Morgan fingerprint density at radius 3 is 2.45 bits per heavy atom. The highest BCUT2D eigenvalue weighted by molar-refractivity contribution is 6.05. The fourth-order valence-corrected chi connectivity index (χ4v) is 2.26. The zero-order valence-corrected chi connectivity index (χ0v) is 12.7. The summed E-state index contributed by atoms with van der Waals surface area (Å²) in [6.07, 6.45) is 1.74. The molecule has 0 aliphatic heterocycles. The first-order chi connectivity index (χ1) is 9.29. The minimum absolute atomic E-state index is 0.0200. The van der Waals surface area contributed by atoms with E-state index in [1.807, 2.05) is 38.2 Å². The SMILES string of the molecule is Cc1nn(C)cc1C(=O)Nc1ccccc1C(C)(C)C. The van der Waals surface area contributed by atoms with Gasteiger partial charge in [0.25, 0.3) is 5.91 Å². The highest BCUT2D eigenvalue weighted by Crippen LogP contribution is 2.29. The third kappa shape index (κ3) is 2.90. The second kappa shape index (κ2) is 5.12. The maximum Gasteiger partial charge on any atom is 0.259 e. The van der Waals surface area contributed by atoms with Crippen molar-refractivity contribution in [3.05, 3.63) is 47.3 Å². The van der Waals surface area contributed by atoms with Crippen LogP contribution in [0.1, 0.15) is 42.4 Å². The third-order valence-corrected chi connectivity index (χ3v) is 3.24. The predicted octanol–water partition coefficient (Wildman–Crippen LogP) is 3.28. The lowest BCUT2D eigenvalue weighted by atomic mass is 9.86. The van der Waals surface area contributed by atoms with Crippen LogP contribution < -0.4 is 5.32 Å². The van der Waals surface area contributed by atoms with Crippen molar-refractivity contribution >= 4 is 11.6 Å². The number of benzene rings is 1. The number of anilines is 1. The molecule has 0 fully saturated rings. The van der Waals surface area contributed by atoms with Gasteiger partial charge in [0.2, 0.25) is 0 Å². The fraction of sp³-hybridized carbons (Fsp3) is 0.375. The summed E-state index contributed by atoms with van der Waals surface area (Å²) in [7, 11) is 1.81. The van der Waals surface area contributed by atoms with Gasteiger partial charge in [0.15, 0.2) is 0 Å². The van der Waals surface area contributed by atoms with Gasteiger partial charge in [0.05, 0.1) is 11.3 Å². The molecule has 1 aromatic carbocycles. The van der Waals surface area contributed by atoms with Crippen LogP contribution in [-0.2, 0) is 12.5 Å². The van der Waals surface area contributed by atoms with E-state index >= 15 is 0 Å². The molecule has 2 aromatic rings. The first-order valence-electron chi connectivity index (χ1n) is 6.70. The van der Waals surface area contributed by atoms with Gasteiger partial charge in [-0.15, -0.1) is 0 Å². The van der Waals surface area contributed by atoms with Gasteiger partial charge in [0.1, 0.15) is 0 Å².